The SMILES string of the molecule is CCN(CC)CCN(C(=O)c1ccc(C(C)=O)cc1)c1nc2ccc(C)cc2s1. The molecule has 0 bridgehead atoms. The van der Waals surface area contributed by atoms with Crippen molar-refractivity contribution in [1.82, 2.24) is 9.88 Å². The monoisotopic (exact) mass is 409 g/mol. The van der Waals surface area contributed by atoms with E-state index < -0.39 is 0 Å². The minimum Gasteiger partial charge on any atom is -0.302 e. The second kappa shape index (κ2) is 9.29. The van der Waals surface area contributed by atoms with Crippen molar-refractivity contribution in [3.05, 3.63) is 59.2 Å². The summed E-state index contributed by atoms with van der Waals surface area (Å²) < 4.78 is 1.08. The highest BCUT2D eigenvalue weighted by atomic mass is 32.1. The topological polar surface area (TPSA) is 53.5 Å². The summed E-state index contributed by atoms with van der Waals surface area (Å²) >= 11 is 1.54. The molecule has 2 aromatic carbocycles. The number of benzene rings is 2. The van der Waals surface area contributed by atoms with Gasteiger partial charge in [0.05, 0.1) is 10.2 Å². The lowest BCUT2D eigenvalue weighted by molar-refractivity contribution is 0.0980. The van der Waals surface area contributed by atoms with E-state index in [-0.39, 0.29) is 11.7 Å². The first kappa shape index (κ1) is 21.1. The van der Waals surface area contributed by atoms with Crippen LogP contribution in [0.4, 0.5) is 5.13 Å². The standard InChI is InChI=1S/C23H27N3O2S/c1-5-25(6-2)13-14-26(22(28)19-10-8-18(9-11-19)17(4)27)23-24-20-12-7-16(3)15-21(20)29-23/h7-12,15H,5-6,13-14H2,1-4H3. The third-order valence-electron chi connectivity index (χ3n) is 5.08. The van der Waals surface area contributed by atoms with E-state index in [1.54, 1.807) is 29.2 Å². The Bertz CT molecular complexity index is 1010. The Balaban J connectivity index is 1.94. The number of hydrogen-bond donors (Lipinski definition) is 0. The largest absolute Gasteiger partial charge is 0.302 e. The van der Waals surface area contributed by atoms with Crippen LogP contribution in [-0.2, 0) is 0 Å². The van der Waals surface area contributed by atoms with Crippen molar-refractivity contribution in [3.63, 3.8) is 0 Å². The molecule has 0 saturated heterocycles. The molecule has 1 heterocycles. The molecule has 0 aliphatic rings. The zero-order valence-corrected chi connectivity index (χ0v) is 18.3. The Kier molecular flexibility index (Phi) is 6.77. The molecule has 0 unspecified atom stereocenters. The van der Waals surface area contributed by atoms with Crippen molar-refractivity contribution in [1.29, 1.82) is 0 Å². The van der Waals surface area contributed by atoms with Gasteiger partial charge in [0, 0.05) is 24.2 Å². The average Bonchev–Trinajstić information content (AvgIpc) is 3.13. The Morgan fingerprint density at radius 3 is 2.24 bits per heavy atom. The van der Waals surface area contributed by atoms with E-state index in [1.807, 2.05) is 12.1 Å². The van der Waals surface area contributed by atoms with Crippen molar-refractivity contribution in [2.75, 3.05) is 31.1 Å². The Morgan fingerprint density at radius 1 is 0.966 bits per heavy atom. The number of aryl methyl sites for hydroxylation is 1. The van der Waals surface area contributed by atoms with E-state index >= 15 is 0 Å². The second-order valence-corrected chi connectivity index (χ2v) is 8.09. The summed E-state index contributed by atoms with van der Waals surface area (Å²) in [6.07, 6.45) is 0. The van der Waals surface area contributed by atoms with Gasteiger partial charge >= 0.3 is 0 Å². The molecule has 0 radical (unpaired) electrons. The molecule has 0 spiro atoms. The minimum absolute atomic E-state index is 0.0102. The fourth-order valence-corrected chi connectivity index (χ4v) is 4.29. The van der Waals surface area contributed by atoms with Crippen molar-refractivity contribution in [3.8, 4) is 0 Å². The van der Waals surface area contributed by atoms with Crippen LogP contribution in [0.3, 0.4) is 0 Å². The van der Waals surface area contributed by atoms with E-state index in [9.17, 15) is 9.59 Å². The Labute approximate surface area is 176 Å². The van der Waals surface area contributed by atoms with Gasteiger partial charge in [-0.2, -0.15) is 0 Å². The maximum absolute atomic E-state index is 13.3. The molecule has 1 amide bonds. The molecular formula is C23H27N3O2S. The number of carbonyl (C=O) groups excluding carboxylic acids is 2. The fraction of sp³-hybridized carbons (Fsp3) is 0.348. The first-order chi connectivity index (χ1) is 13.9. The number of rotatable bonds is 8. The maximum Gasteiger partial charge on any atom is 0.260 e. The zero-order valence-electron chi connectivity index (χ0n) is 17.4. The van der Waals surface area contributed by atoms with Crippen LogP contribution >= 0.6 is 11.3 Å². The molecule has 5 nitrogen and oxygen atoms in total. The van der Waals surface area contributed by atoms with Gasteiger partial charge in [0.1, 0.15) is 0 Å². The molecular weight excluding hydrogens is 382 g/mol. The van der Waals surface area contributed by atoms with Gasteiger partial charge in [-0.1, -0.05) is 43.4 Å². The number of likely N-dealkylation sites (N-methyl/N-ethyl adjacent to an activating group) is 1. The number of carbonyl (C=O) groups is 2. The van der Waals surface area contributed by atoms with Crippen LogP contribution < -0.4 is 4.90 Å². The van der Waals surface area contributed by atoms with Crippen molar-refractivity contribution in [2.24, 2.45) is 0 Å². The summed E-state index contributed by atoms with van der Waals surface area (Å²) in [5.74, 6) is -0.105. The lowest BCUT2D eigenvalue weighted by atomic mass is 10.1. The van der Waals surface area contributed by atoms with Gasteiger partial charge in [0.25, 0.3) is 5.91 Å². The van der Waals surface area contributed by atoms with Gasteiger partial charge in [0.15, 0.2) is 10.9 Å². The molecule has 0 saturated carbocycles. The molecule has 29 heavy (non-hydrogen) atoms. The van der Waals surface area contributed by atoms with Crippen LogP contribution in [0.5, 0.6) is 0 Å². The number of hydrogen-bond acceptors (Lipinski definition) is 5. The fourth-order valence-electron chi connectivity index (χ4n) is 3.20. The normalized spacial score (nSPS) is 11.2. The highest BCUT2D eigenvalue weighted by molar-refractivity contribution is 7.22. The van der Waals surface area contributed by atoms with E-state index in [4.69, 9.17) is 4.98 Å². The van der Waals surface area contributed by atoms with E-state index in [0.29, 0.717) is 22.8 Å². The van der Waals surface area contributed by atoms with Crippen molar-refractivity contribution >= 4 is 38.4 Å². The molecule has 0 aliphatic carbocycles. The molecule has 0 atom stereocenters. The van der Waals surface area contributed by atoms with Crippen LogP contribution in [-0.4, -0.2) is 47.8 Å². The van der Waals surface area contributed by atoms with Crippen LogP contribution in [0.1, 0.15) is 47.1 Å². The Morgan fingerprint density at radius 2 is 1.62 bits per heavy atom. The third-order valence-corrected chi connectivity index (χ3v) is 6.12. The quantitative estimate of drug-likeness (QED) is 0.502. The molecule has 0 N–H and O–H groups in total. The lowest BCUT2D eigenvalue weighted by Gasteiger charge is -2.24. The molecule has 0 fully saturated rings. The highest BCUT2D eigenvalue weighted by Gasteiger charge is 2.22. The van der Waals surface area contributed by atoms with Crippen molar-refractivity contribution in [2.45, 2.75) is 27.7 Å². The van der Waals surface area contributed by atoms with Gasteiger partial charge in [-0.15, -0.1) is 0 Å². The van der Waals surface area contributed by atoms with Crippen LogP contribution in [0.2, 0.25) is 0 Å². The van der Waals surface area contributed by atoms with Gasteiger partial charge in [-0.3, -0.25) is 14.5 Å². The predicted molar refractivity (Wildman–Crippen MR) is 120 cm³/mol. The molecule has 152 valence electrons. The van der Waals surface area contributed by atoms with Gasteiger partial charge in [-0.25, -0.2) is 4.98 Å². The number of thiazole rings is 1. The predicted octanol–water partition coefficient (Wildman–Crippen LogP) is 4.80. The number of anilines is 1. The first-order valence-corrected chi connectivity index (χ1v) is 10.8. The maximum atomic E-state index is 13.3. The van der Waals surface area contributed by atoms with Crippen LogP contribution in [0, 0.1) is 6.92 Å². The van der Waals surface area contributed by atoms with E-state index in [0.717, 1.165) is 29.9 Å². The highest BCUT2D eigenvalue weighted by Crippen LogP contribution is 2.30. The van der Waals surface area contributed by atoms with E-state index in [1.165, 1.54) is 23.8 Å². The summed E-state index contributed by atoms with van der Waals surface area (Å²) in [4.78, 5) is 33.7. The van der Waals surface area contributed by atoms with Gasteiger partial charge in [0.2, 0.25) is 0 Å². The molecule has 3 rings (SSSR count). The molecule has 3 aromatic rings. The van der Waals surface area contributed by atoms with Gasteiger partial charge in [-0.05, 0) is 56.8 Å². The van der Waals surface area contributed by atoms with Crippen LogP contribution in [0.15, 0.2) is 42.5 Å². The van der Waals surface area contributed by atoms with Gasteiger partial charge < -0.3 is 4.90 Å². The number of amides is 1. The lowest BCUT2D eigenvalue weighted by Crippen LogP contribution is -2.38. The summed E-state index contributed by atoms with van der Waals surface area (Å²) in [6.45, 7) is 11.0. The van der Waals surface area contributed by atoms with E-state index in [2.05, 4.69) is 31.7 Å². The summed E-state index contributed by atoms with van der Waals surface area (Å²) in [6, 6.07) is 13.0. The second-order valence-electron chi connectivity index (χ2n) is 7.08. The summed E-state index contributed by atoms with van der Waals surface area (Å²) in [5.41, 5.74) is 3.24. The number of Topliss-reactive ketones (excluding diaryl/α,β-unsaturated/α-hetero) is 1. The molecule has 1 aromatic heterocycles. The minimum atomic E-state index is -0.0944. The Hall–Kier alpha value is -2.57. The number of ketones is 1. The molecule has 6 heteroatoms. The number of aromatic nitrogens is 1. The number of nitrogens with zero attached hydrogens (tertiary/aromatic N) is 3. The summed E-state index contributed by atoms with van der Waals surface area (Å²) in [7, 11) is 0. The average molecular weight is 410 g/mol. The van der Waals surface area contributed by atoms with Crippen molar-refractivity contribution < 1.29 is 9.59 Å². The van der Waals surface area contributed by atoms with Crippen LogP contribution in [0.25, 0.3) is 10.2 Å². The number of fused-ring (bicyclic) bond motifs is 1. The molecule has 0 aliphatic heterocycles. The third kappa shape index (κ3) is 4.89. The summed E-state index contributed by atoms with van der Waals surface area (Å²) in [5, 5.41) is 0.707. The smallest absolute Gasteiger partial charge is 0.260 e. The first-order valence-electron chi connectivity index (χ1n) is 9.95. The zero-order chi connectivity index (χ0) is 21.0.